The predicted molar refractivity (Wildman–Crippen MR) is 81.5 cm³/mol. The lowest BCUT2D eigenvalue weighted by atomic mass is 10.2. The van der Waals surface area contributed by atoms with Gasteiger partial charge in [-0.25, -0.2) is 0 Å². The van der Waals surface area contributed by atoms with Gasteiger partial charge in [-0.15, -0.1) is 0 Å². The van der Waals surface area contributed by atoms with Gasteiger partial charge in [-0.3, -0.25) is 5.01 Å². The lowest BCUT2D eigenvalue weighted by Crippen LogP contribution is -2.33. The van der Waals surface area contributed by atoms with E-state index in [-0.39, 0.29) is 5.57 Å². The Morgan fingerprint density at radius 2 is 1.52 bits per heavy atom. The highest BCUT2D eigenvalue weighted by Crippen LogP contribution is 2.14. The molecule has 0 spiro atoms. The first-order valence-corrected chi connectivity index (χ1v) is 6.46. The molecule has 0 radical (unpaired) electrons. The average Bonchev–Trinajstić information content (AvgIpc) is 2.56. The summed E-state index contributed by atoms with van der Waals surface area (Å²) in [6, 6.07) is 23.4. The zero-order valence-electron chi connectivity index (χ0n) is 11.4. The van der Waals surface area contributed by atoms with Crippen LogP contribution in [0, 0.1) is 22.7 Å². The Bertz CT molecular complexity index is 662. The zero-order valence-corrected chi connectivity index (χ0v) is 11.4. The zero-order chi connectivity index (χ0) is 14.9. The first-order valence-electron chi connectivity index (χ1n) is 6.46. The number of hydrazine groups is 1. The van der Waals surface area contributed by atoms with Crippen LogP contribution >= 0.6 is 0 Å². The number of para-hydroxylation sites is 1. The van der Waals surface area contributed by atoms with Crippen LogP contribution in [0.2, 0.25) is 0 Å². The van der Waals surface area contributed by atoms with Gasteiger partial charge in [0.15, 0.2) is 0 Å². The topological polar surface area (TPSA) is 62.9 Å². The van der Waals surface area contributed by atoms with Crippen molar-refractivity contribution in [2.24, 2.45) is 0 Å². The van der Waals surface area contributed by atoms with Crippen LogP contribution in [-0.2, 0) is 6.54 Å². The molecule has 0 aliphatic carbocycles. The van der Waals surface area contributed by atoms with Crippen molar-refractivity contribution in [1.29, 1.82) is 10.5 Å². The maximum absolute atomic E-state index is 8.80. The van der Waals surface area contributed by atoms with Gasteiger partial charge >= 0.3 is 0 Å². The van der Waals surface area contributed by atoms with Crippen molar-refractivity contribution in [2.45, 2.75) is 6.54 Å². The molecule has 1 N–H and O–H groups in total. The van der Waals surface area contributed by atoms with E-state index in [2.05, 4.69) is 5.43 Å². The summed E-state index contributed by atoms with van der Waals surface area (Å²) < 4.78 is 0. The quantitative estimate of drug-likeness (QED) is 0.672. The third-order valence-corrected chi connectivity index (χ3v) is 2.86. The van der Waals surface area contributed by atoms with E-state index < -0.39 is 0 Å². The molecule has 102 valence electrons. The number of benzene rings is 2. The molecule has 0 saturated carbocycles. The summed E-state index contributed by atoms with van der Waals surface area (Å²) in [5, 5.41) is 19.5. The van der Waals surface area contributed by atoms with Crippen LogP contribution in [0.4, 0.5) is 5.69 Å². The second-order valence-corrected chi connectivity index (χ2v) is 4.32. The van der Waals surface area contributed by atoms with Crippen LogP contribution in [0.15, 0.2) is 72.4 Å². The number of hydrogen-bond acceptors (Lipinski definition) is 4. The highest BCUT2D eigenvalue weighted by atomic mass is 15.5. The number of nitrogens with zero attached hydrogens (tertiary/aromatic N) is 3. The Labute approximate surface area is 124 Å². The van der Waals surface area contributed by atoms with E-state index in [1.165, 1.54) is 6.20 Å². The maximum Gasteiger partial charge on any atom is 0.147 e. The standard InChI is InChI=1S/C17H14N4/c18-11-16(12-19)13-20-21(17-9-5-2-6-10-17)14-15-7-3-1-4-8-15/h1-10,13,20H,14H2. The summed E-state index contributed by atoms with van der Waals surface area (Å²) in [6.45, 7) is 0.617. The molecule has 0 saturated heterocycles. The number of nitrogens with one attached hydrogen (secondary N) is 1. The van der Waals surface area contributed by atoms with Gasteiger partial charge in [-0.05, 0) is 17.7 Å². The van der Waals surface area contributed by atoms with Gasteiger partial charge in [0, 0.05) is 6.20 Å². The Morgan fingerprint density at radius 1 is 0.952 bits per heavy atom. The van der Waals surface area contributed by atoms with Crippen LogP contribution in [0.25, 0.3) is 0 Å². The van der Waals surface area contributed by atoms with Crippen LogP contribution in [-0.4, -0.2) is 0 Å². The van der Waals surface area contributed by atoms with Crippen LogP contribution in [0.1, 0.15) is 5.56 Å². The molecule has 2 rings (SSSR count). The number of rotatable bonds is 5. The molecule has 4 heteroatoms. The van der Waals surface area contributed by atoms with Gasteiger partial charge in [0.05, 0.1) is 12.2 Å². The monoisotopic (exact) mass is 274 g/mol. The molecule has 0 fully saturated rings. The number of nitriles is 2. The van der Waals surface area contributed by atoms with Crippen molar-refractivity contribution in [3.63, 3.8) is 0 Å². The van der Waals surface area contributed by atoms with Gasteiger partial charge in [0.25, 0.3) is 0 Å². The number of hydrogen-bond donors (Lipinski definition) is 1. The molecule has 2 aromatic carbocycles. The molecule has 0 heterocycles. The smallest absolute Gasteiger partial charge is 0.147 e. The second-order valence-electron chi connectivity index (χ2n) is 4.32. The fourth-order valence-electron chi connectivity index (χ4n) is 1.82. The van der Waals surface area contributed by atoms with E-state index in [1.54, 1.807) is 0 Å². The van der Waals surface area contributed by atoms with Gasteiger partial charge in [-0.1, -0.05) is 48.5 Å². The SMILES string of the molecule is N#CC(C#N)=CNN(Cc1ccccc1)c1ccccc1. The molecular formula is C17H14N4. The maximum atomic E-state index is 8.80. The molecule has 0 atom stereocenters. The minimum absolute atomic E-state index is 0.0315. The number of allylic oxidation sites excluding steroid dienone is 1. The molecular weight excluding hydrogens is 260 g/mol. The highest BCUT2D eigenvalue weighted by Gasteiger charge is 2.05. The van der Waals surface area contributed by atoms with Crippen molar-refractivity contribution >= 4 is 5.69 Å². The summed E-state index contributed by atoms with van der Waals surface area (Å²) in [5.74, 6) is 0. The molecule has 0 aliphatic heterocycles. The first kappa shape index (κ1) is 14.2. The Balaban J connectivity index is 2.22. The van der Waals surface area contributed by atoms with Crippen molar-refractivity contribution in [3.8, 4) is 12.1 Å². The summed E-state index contributed by atoms with van der Waals surface area (Å²) in [4.78, 5) is 0. The van der Waals surface area contributed by atoms with Crippen LogP contribution < -0.4 is 10.4 Å². The van der Waals surface area contributed by atoms with Gasteiger partial charge < -0.3 is 5.43 Å². The second kappa shape index (κ2) is 7.37. The molecule has 21 heavy (non-hydrogen) atoms. The van der Waals surface area contributed by atoms with Crippen molar-refractivity contribution < 1.29 is 0 Å². The van der Waals surface area contributed by atoms with Crippen molar-refractivity contribution in [1.82, 2.24) is 5.43 Å². The van der Waals surface area contributed by atoms with E-state index >= 15 is 0 Å². The lowest BCUT2D eigenvalue weighted by Gasteiger charge is -2.24. The Morgan fingerprint density at radius 3 is 2.10 bits per heavy atom. The Kier molecular flexibility index (Phi) is 4.98. The molecule has 0 aromatic heterocycles. The summed E-state index contributed by atoms with van der Waals surface area (Å²) in [5.41, 5.74) is 5.12. The normalized spacial score (nSPS) is 9.05. The third kappa shape index (κ3) is 4.12. The largest absolute Gasteiger partial charge is 0.303 e. The molecule has 0 aliphatic rings. The lowest BCUT2D eigenvalue weighted by molar-refractivity contribution is 0.733. The van der Waals surface area contributed by atoms with Crippen LogP contribution in [0.3, 0.4) is 0 Å². The van der Waals surface area contributed by atoms with Crippen molar-refractivity contribution in [3.05, 3.63) is 78.0 Å². The molecule has 0 amide bonds. The molecule has 0 bridgehead atoms. The molecule has 2 aromatic rings. The minimum atomic E-state index is 0.0315. The fraction of sp³-hybridized carbons (Fsp3) is 0.0588. The van der Waals surface area contributed by atoms with Gasteiger partial charge in [-0.2, -0.15) is 10.5 Å². The number of anilines is 1. The van der Waals surface area contributed by atoms with Gasteiger partial charge in [0.2, 0.25) is 0 Å². The first-order chi connectivity index (χ1) is 10.3. The molecule has 0 unspecified atom stereocenters. The van der Waals surface area contributed by atoms with E-state index in [0.29, 0.717) is 6.54 Å². The summed E-state index contributed by atoms with van der Waals surface area (Å²) in [6.07, 6.45) is 1.41. The van der Waals surface area contributed by atoms with E-state index in [4.69, 9.17) is 10.5 Å². The predicted octanol–water partition coefficient (Wildman–Crippen LogP) is 3.13. The average molecular weight is 274 g/mol. The van der Waals surface area contributed by atoms with Crippen LogP contribution in [0.5, 0.6) is 0 Å². The van der Waals surface area contributed by atoms with E-state index in [1.807, 2.05) is 77.8 Å². The van der Waals surface area contributed by atoms with E-state index in [0.717, 1.165) is 11.3 Å². The fourth-order valence-corrected chi connectivity index (χ4v) is 1.82. The summed E-state index contributed by atoms with van der Waals surface area (Å²) >= 11 is 0. The van der Waals surface area contributed by atoms with Crippen molar-refractivity contribution in [2.75, 3.05) is 5.01 Å². The minimum Gasteiger partial charge on any atom is -0.303 e. The van der Waals surface area contributed by atoms with E-state index in [9.17, 15) is 0 Å². The third-order valence-electron chi connectivity index (χ3n) is 2.86. The van der Waals surface area contributed by atoms with Gasteiger partial charge in [0.1, 0.15) is 17.7 Å². The Hall–Kier alpha value is -3.24. The molecule has 4 nitrogen and oxygen atoms in total. The summed E-state index contributed by atoms with van der Waals surface area (Å²) in [7, 11) is 0. The highest BCUT2D eigenvalue weighted by molar-refractivity contribution is 5.46.